The molecule has 0 saturated heterocycles. The van der Waals surface area contributed by atoms with Crippen molar-refractivity contribution in [2.24, 2.45) is 0 Å². The quantitative estimate of drug-likeness (QED) is 0.869. The maximum Gasteiger partial charge on any atom is 0.0925 e. The van der Waals surface area contributed by atoms with Gasteiger partial charge in [-0.05, 0) is 11.6 Å². The van der Waals surface area contributed by atoms with Crippen LogP contribution >= 0.6 is 15.9 Å². The molecule has 1 rings (SSSR count). The van der Waals surface area contributed by atoms with Crippen molar-refractivity contribution in [3.63, 3.8) is 0 Å². The molecule has 1 unspecified atom stereocenters. The molecule has 0 heterocycles. The number of hydrogen-bond donors (Lipinski definition) is 2. The van der Waals surface area contributed by atoms with Gasteiger partial charge in [-0.15, -0.1) is 0 Å². The first-order chi connectivity index (χ1) is 6.61. The first-order valence-electron chi connectivity index (χ1n) is 4.77. The van der Waals surface area contributed by atoms with E-state index < -0.39 is 6.10 Å². The van der Waals surface area contributed by atoms with E-state index in [1.807, 2.05) is 24.3 Å². The van der Waals surface area contributed by atoms with Gasteiger partial charge in [-0.3, -0.25) is 0 Å². The summed E-state index contributed by atoms with van der Waals surface area (Å²) in [5.74, 6) is 0. The van der Waals surface area contributed by atoms with E-state index in [2.05, 4.69) is 35.1 Å². The maximum atomic E-state index is 9.86. The molecule has 1 atom stereocenters. The number of aliphatic hydroxyl groups excluding tert-OH is 1. The van der Waals surface area contributed by atoms with Gasteiger partial charge in [-0.2, -0.15) is 0 Å². The number of rotatable bonds is 4. The topological polar surface area (TPSA) is 32.3 Å². The highest BCUT2D eigenvalue weighted by atomic mass is 79.9. The van der Waals surface area contributed by atoms with Crippen LogP contribution in [0.4, 0.5) is 0 Å². The van der Waals surface area contributed by atoms with Crippen LogP contribution in [0.3, 0.4) is 0 Å². The van der Waals surface area contributed by atoms with E-state index in [1.165, 1.54) is 0 Å². The second kappa shape index (κ2) is 5.49. The minimum absolute atomic E-state index is 0.395. The first kappa shape index (κ1) is 11.7. The van der Waals surface area contributed by atoms with E-state index in [1.54, 1.807) is 0 Å². The summed E-state index contributed by atoms with van der Waals surface area (Å²) in [6.45, 7) is 4.71. The fourth-order valence-corrected chi connectivity index (χ4v) is 1.75. The van der Waals surface area contributed by atoms with Gasteiger partial charge in [-0.1, -0.05) is 48.0 Å². The van der Waals surface area contributed by atoms with Gasteiger partial charge in [0.05, 0.1) is 6.10 Å². The van der Waals surface area contributed by atoms with Gasteiger partial charge in [0.25, 0.3) is 0 Å². The van der Waals surface area contributed by atoms with Crippen LogP contribution in [0.25, 0.3) is 0 Å². The lowest BCUT2D eigenvalue weighted by Gasteiger charge is -2.15. The lowest BCUT2D eigenvalue weighted by atomic mass is 10.1. The zero-order chi connectivity index (χ0) is 10.6. The molecule has 2 nitrogen and oxygen atoms in total. The van der Waals surface area contributed by atoms with Gasteiger partial charge in [0.1, 0.15) is 0 Å². The van der Waals surface area contributed by atoms with Crippen LogP contribution in [-0.4, -0.2) is 17.7 Å². The summed E-state index contributed by atoms with van der Waals surface area (Å²) >= 11 is 3.42. The average molecular weight is 258 g/mol. The number of halogens is 1. The monoisotopic (exact) mass is 257 g/mol. The Kier molecular flexibility index (Phi) is 4.58. The molecule has 0 fully saturated rings. The fourth-order valence-electron chi connectivity index (χ4n) is 1.20. The summed E-state index contributed by atoms with van der Waals surface area (Å²) in [7, 11) is 0. The third-order valence-corrected chi connectivity index (χ3v) is 2.71. The molecule has 78 valence electrons. The molecule has 0 aliphatic heterocycles. The Balaban J connectivity index is 2.60. The van der Waals surface area contributed by atoms with Crippen molar-refractivity contribution in [1.29, 1.82) is 0 Å². The number of hydrogen-bond acceptors (Lipinski definition) is 2. The minimum atomic E-state index is -0.451. The fraction of sp³-hybridized carbons (Fsp3) is 0.455. The standard InChI is InChI=1S/C11H16BrNO/c1-8(2)13-7-11(14)9-5-3-4-6-10(9)12/h3-6,8,11,13-14H,7H2,1-2H3. The van der Waals surface area contributed by atoms with E-state index in [9.17, 15) is 5.11 Å². The average Bonchev–Trinajstić information content (AvgIpc) is 2.15. The van der Waals surface area contributed by atoms with Gasteiger partial charge < -0.3 is 10.4 Å². The van der Waals surface area contributed by atoms with Crippen LogP contribution in [0.1, 0.15) is 25.5 Å². The molecule has 0 aromatic heterocycles. The van der Waals surface area contributed by atoms with Crippen LogP contribution in [0.5, 0.6) is 0 Å². The van der Waals surface area contributed by atoms with Gasteiger partial charge in [0, 0.05) is 17.1 Å². The molecule has 3 heteroatoms. The molecule has 0 amide bonds. The predicted molar refractivity (Wildman–Crippen MR) is 62.2 cm³/mol. The molecule has 0 aliphatic carbocycles. The largest absolute Gasteiger partial charge is 0.387 e. The highest BCUT2D eigenvalue weighted by Gasteiger charge is 2.10. The number of aliphatic hydroxyl groups is 1. The maximum absolute atomic E-state index is 9.86. The normalized spacial score (nSPS) is 13.2. The molecular weight excluding hydrogens is 242 g/mol. The van der Waals surface area contributed by atoms with Crippen LogP contribution in [0.15, 0.2) is 28.7 Å². The van der Waals surface area contributed by atoms with Crippen molar-refractivity contribution in [3.8, 4) is 0 Å². The van der Waals surface area contributed by atoms with E-state index in [-0.39, 0.29) is 0 Å². The number of benzene rings is 1. The minimum Gasteiger partial charge on any atom is -0.387 e. The van der Waals surface area contributed by atoms with Crippen molar-refractivity contribution in [1.82, 2.24) is 5.32 Å². The van der Waals surface area contributed by atoms with Crippen LogP contribution in [0, 0.1) is 0 Å². The second-order valence-electron chi connectivity index (χ2n) is 3.60. The van der Waals surface area contributed by atoms with E-state index in [0.29, 0.717) is 12.6 Å². The Labute approximate surface area is 93.5 Å². The van der Waals surface area contributed by atoms with Crippen molar-refractivity contribution < 1.29 is 5.11 Å². The Hall–Kier alpha value is -0.380. The zero-order valence-corrected chi connectivity index (χ0v) is 10.1. The predicted octanol–water partition coefficient (Wildman–Crippen LogP) is 2.48. The molecule has 0 radical (unpaired) electrons. The van der Waals surface area contributed by atoms with E-state index >= 15 is 0 Å². The Bertz CT molecular complexity index is 288. The van der Waals surface area contributed by atoms with E-state index in [4.69, 9.17) is 0 Å². The van der Waals surface area contributed by atoms with E-state index in [0.717, 1.165) is 10.0 Å². The molecule has 0 aliphatic rings. The van der Waals surface area contributed by atoms with Crippen LogP contribution < -0.4 is 5.32 Å². The lowest BCUT2D eigenvalue weighted by Crippen LogP contribution is -2.28. The van der Waals surface area contributed by atoms with Gasteiger partial charge in [0.15, 0.2) is 0 Å². The van der Waals surface area contributed by atoms with Crippen molar-refractivity contribution in [3.05, 3.63) is 34.3 Å². The Morgan fingerprint density at radius 3 is 2.57 bits per heavy atom. The summed E-state index contributed by atoms with van der Waals surface area (Å²) in [4.78, 5) is 0. The number of nitrogens with one attached hydrogen (secondary N) is 1. The van der Waals surface area contributed by atoms with Crippen molar-refractivity contribution >= 4 is 15.9 Å². The molecular formula is C11H16BrNO. The third-order valence-electron chi connectivity index (χ3n) is 1.98. The molecule has 0 saturated carbocycles. The second-order valence-corrected chi connectivity index (χ2v) is 4.45. The zero-order valence-electron chi connectivity index (χ0n) is 8.50. The van der Waals surface area contributed by atoms with Gasteiger partial charge >= 0.3 is 0 Å². The molecule has 2 N–H and O–H groups in total. The smallest absolute Gasteiger partial charge is 0.0925 e. The summed E-state index contributed by atoms with van der Waals surface area (Å²) in [6.07, 6.45) is -0.451. The first-order valence-corrected chi connectivity index (χ1v) is 5.56. The summed E-state index contributed by atoms with van der Waals surface area (Å²) in [5, 5.41) is 13.1. The van der Waals surface area contributed by atoms with Gasteiger partial charge in [-0.25, -0.2) is 0 Å². The summed E-state index contributed by atoms with van der Waals surface area (Å²) in [5.41, 5.74) is 0.931. The Morgan fingerprint density at radius 1 is 1.36 bits per heavy atom. The molecule has 14 heavy (non-hydrogen) atoms. The Morgan fingerprint density at radius 2 is 2.00 bits per heavy atom. The van der Waals surface area contributed by atoms with Crippen LogP contribution in [-0.2, 0) is 0 Å². The SMILES string of the molecule is CC(C)NCC(O)c1ccccc1Br. The lowest BCUT2D eigenvalue weighted by molar-refractivity contribution is 0.171. The highest BCUT2D eigenvalue weighted by molar-refractivity contribution is 9.10. The third kappa shape index (κ3) is 3.40. The molecule has 0 bridgehead atoms. The summed E-state index contributed by atoms with van der Waals surface area (Å²) < 4.78 is 0.957. The van der Waals surface area contributed by atoms with Crippen molar-refractivity contribution in [2.75, 3.05) is 6.54 Å². The van der Waals surface area contributed by atoms with Crippen molar-refractivity contribution in [2.45, 2.75) is 26.0 Å². The summed E-state index contributed by atoms with van der Waals surface area (Å²) in [6, 6.07) is 8.13. The van der Waals surface area contributed by atoms with Crippen LogP contribution in [0.2, 0.25) is 0 Å². The molecule has 1 aromatic carbocycles. The highest BCUT2D eigenvalue weighted by Crippen LogP contribution is 2.22. The molecule has 0 spiro atoms. The molecule has 1 aromatic rings. The van der Waals surface area contributed by atoms with Gasteiger partial charge in [0.2, 0.25) is 0 Å².